The van der Waals surface area contributed by atoms with E-state index in [1.54, 1.807) is 31.1 Å². The molecule has 0 bridgehead atoms. The molecule has 8 nitrogen and oxygen atoms in total. The standard InChI is InChI=1S/C23H27N3O5S2/c1-16-23(28)24-20-15-19(6-7-21(20)32-16)33(29,30)13-8-22(27)26-11-9-25(10-12-26)17-4-3-5-18(14-17)31-2/h3-7,14-16H,8-13H2,1-2H3,(H,24,28)/t16-/m0/s1. The lowest BCUT2D eigenvalue weighted by Gasteiger charge is -2.36. The Morgan fingerprint density at radius 3 is 2.64 bits per heavy atom. The van der Waals surface area contributed by atoms with Crippen LogP contribution in [0.15, 0.2) is 52.3 Å². The number of rotatable bonds is 6. The van der Waals surface area contributed by atoms with Gasteiger partial charge < -0.3 is 19.9 Å². The fourth-order valence-electron chi connectivity index (χ4n) is 3.90. The van der Waals surface area contributed by atoms with Gasteiger partial charge in [-0.3, -0.25) is 9.59 Å². The number of benzene rings is 2. The summed E-state index contributed by atoms with van der Waals surface area (Å²) >= 11 is 1.40. The smallest absolute Gasteiger partial charge is 0.237 e. The van der Waals surface area contributed by atoms with Crippen molar-refractivity contribution in [3.05, 3.63) is 42.5 Å². The summed E-state index contributed by atoms with van der Waals surface area (Å²) in [4.78, 5) is 29.5. The van der Waals surface area contributed by atoms with E-state index in [0.717, 1.165) is 16.3 Å². The van der Waals surface area contributed by atoms with Crippen LogP contribution < -0.4 is 15.0 Å². The number of thioether (sulfide) groups is 1. The molecule has 33 heavy (non-hydrogen) atoms. The van der Waals surface area contributed by atoms with Crippen LogP contribution in [0.1, 0.15) is 13.3 Å². The van der Waals surface area contributed by atoms with Crippen LogP contribution in [0.5, 0.6) is 5.75 Å². The Hall–Kier alpha value is -2.72. The molecule has 4 rings (SSSR count). The van der Waals surface area contributed by atoms with E-state index < -0.39 is 9.84 Å². The molecule has 176 valence electrons. The molecule has 10 heteroatoms. The van der Waals surface area contributed by atoms with Gasteiger partial charge in [0, 0.05) is 49.2 Å². The highest BCUT2D eigenvalue weighted by atomic mass is 32.2. The van der Waals surface area contributed by atoms with Crippen molar-refractivity contribution in [3.8, 4) is 5.75 Å². The molecule has 0 aliphatic carbocycles. The minimum atomic E-state index is -3.65. The molecule has 1 fully saturated rings. The summed E-state index contributed by atoms with van der Waals surface area (Å²) in [6, 6.07) is 12.5. The first-order valence-corrected chi connectivity index (χ1v) is 13.3. The van der Waals surface area contributed by atoms with E-state index in [4.69, 9.17) is 4.74 Å². The zero-order valence-electron chi connectivity index (χ0n) is 18.6. The second kappa shape index (κ2) is 9.64. The molecule has 2 amide bonds. The molecule has 2 aliphatic heterocycles. The number of hydrogen-bond acceptors (Lipinski definition) is 7. The summed E-state index contributed by atoms with van der Waals surface area (Å²) in [5.74, 6) is 0.203. The van der Waals surface area contributed by atoms with Gasteiger partial charge in [-0.15, -0.1) is 11.8 Å². The van der Waals surface area contributed by atoms with Crippen molar-refractivity contribution in [1.82, 2.24) is 4.90 Å². The predicted molar refractivity (Wildman–Crippen MR) is 129 cm³/mol. The molecule has 0 spiro atoms. The Bertz CT molecular complexity index is 1160. The lowest BCUT2D eigenvalue weighted by molar-refractivity contribution is -0.131. The van der Waals surface area contributed by atoms with Crippen LogP contribution >= 0.6 is 11.8 Å². The molecule has 1 saturated heterocycles. The van der Waals surface area contributed by atoms with Crippen molar-refractivity contribution in [3.63, 3.8) is 0 Å². The van der Waals surface area contributed by atoms with E-state index in [1.807, 2.05) is 24.3 Å². The zero-order chi connectivity index (χ0) is 23.6. The Labute approximate surface area is 198 Å². The van der Waals surface area contributed by atoms with Gasteiger partial charge in [-0.05, 0) is 37.3 Å². The lowest BCUT2D eigenvalue weighted by atomic mass is 10.2. The van der Waals surface area contributed by atoms with Gasteiger partial charge in [0.15, 0.2) is 9.84 Å². The molecular weight excluding hydrogens is 462 g/mol. The first kappa shape index (κ1) is 23.4. The van der Waals surface area contributed by atoms with Crippen molar-refractivity contribution in [2.24, 2.45) is 0 Å². The number of piperazine rings is 1. The lowest BCUT2D eigenvalue weighted by Crippen LogP contribution is -2.49. The van der Waals surface area contributed by atoms with Crippen LogP contribution in [0.2, 0.25) is 0 Å². The monoisotopic (exact) mass is 489 g/mol. The minimum Gasteiger partial charge on any atom is -0.497 e. The third kappa shape index (κ3) is 5.27. The molecule has 2 aromatic carbocycles. The third-order valence-corrected chi connectivity index (χ3v) is 8.77. The van der Waals surface area contributed by atoms with Crippen LogP contribution in [-0.2, 0) is 19.4 Å². The SMILES string of the molecule is COc1cccc(N2CCN(C(=O)CCS(=O)(=O)c3ccc4c(c3)NC(=O)[C@H](C)S4)CC2)c1. The Balaban J connectivity index is 1.33. The molecule has 0 aromatic heterocycles. The van der Waals surface area contributed by atoms with E-state index in [2.05, 4.69) is 10.2 Å². The molecule has 0 saturated carbocycles. The first-order chi connectivity index (χ1) is 15.8. The normalized spacial score (nSPS) is 18.5. The van der Waals surface area contributed by atoms with E-state index >= 15 is 0 Å². The number of nitrogens with zero attached hydrogens (tertiary/aromatic N) is 2. The Morgan fingerprint density at radius 1 is 1.15 bits per heavy atom. The molecule has 0 radical (unpaired) electrons. The molecule has 2 heterocycles. The summed E-state index contributed by atoms with van der Waals surface area (Å²) in [7, 11) is -2.02. The first-order valence-electron chi connectivity index (χ1n) is 10.8. The maximum Gasteiger partial charge on any atom is 0.237 e. The average molecular weight is 490 g/mol. The zero-order valence-corrected chi connectivity index (χ0v) is 20.2. The largest absolute Gasteiger partial charge is 0.497 e. The van der Waals surface area contributed by atoms with Gasteiger partial charge in [-0.1, -0.05) is 6.07 Å². The highest BCUT2D eigenvalue weighted by molar-refractivity contribution is 8.01. The number of methoxy groups -OCH3 is 1. The van der Waals surface area contributed by atoms with E-state index in [9.17, 15) is 18.0 Å². The number of nitrogens with one attached hydrogen (secondary N) is 1. The van der Waals surface area contributed by atoms with Crippen LogP contribution in [0.3, 0.4) is 0 Å². The molecule has 2 aliphatic rings. The van der Waals surface area contributed by atoms with Gasteiger partial charge in [-0.2, -0.15) is 0 Å². The van der Waals surface area contributed by atoms with Crippen molar-refractivity contribution in [2.45, 2.75) is 28.4 Å². The fourth-order valence-corrected chi connectivity index (χ4v) is 6.08. The van der Waals surface area contributed by atoms with Crippen LogP contribution in [0, 0.1) is 0 Å². The maximum atomic E-state index is 12.8. The summed E-state index contributed by atoms with van der Waals surface area (Å²) < 4.78 is 31.0. The summed E-state index contributed by atoms with van der Waals surface area (Å²) in [5.41, 5.74) is 1.54. The van der Waals surface area contributed by atoms with Crippen molar-refractivity contribution in [1.29, 1.82) is 0 Å². The fraction of sp³-hybridized carbons (Fsp3) is 0.391. The van der Waals surface area contributed by atoms with Gasteiger partial charge in [-0.25, -0.2) is 8.42 Å². The number of carbonyl (C=O) groups is 2. The molecule has 0 unspecified atom stereocenters. The van der Waals surface area contributed by atoms with Gasteiger partial charge in [0.1, 0.15) is 5.75 Å². The second-order valence-electron chi connectivity index (χ2n) is 8.05. The third-order valence-electron chi connectivity index (χ3n) is 5.88. The average Bonchev–Trinajstić information content (AvgIpc) is 2.83. The quantitative estimate of drug-likeness (QED) is 0.666. The van der Waals surface area contributed by atoms with Crippen molar-refractivity contribution < 1.29 is 22.7 Å². The topological polar surface area (TPSA) is 96.0 Å². The highest BCUT2D eigenvalue weighted by Gasteiger charge is 2.27. The number of carbonyl (C=O) groups excluding carboxylic acids is 2. The van der Waals surface area contributed by atoms with Crippen LogP contribution in [0.25, 0.3) is 0 Å². The molecular formula is C23H27N3O5S2. The number of fused-ring (bicyclic) bond motifs is 1. The maximum absolute atomic E-state index is 12.8. The van der Waals surface area contributed by atoms with Gasteiger partial charge in [0.25, 0.3) is 0 Å². The minimum absolute atomic E-state index is 0.0727. The summed E-state index contributed by atoms with van der Waals surface area (Å²) in [6.45, 7) is 4.22. The summed E-state index contributed by atoms with van der Waals surface area (Å²) in [5, 5.41) is 2.53. The number of sulfone groups is 1. The Kier molecular flexibility index (Phi) is 6.85. The van der Waals surface area contributed by atoms with E-state index in [1.165, 1.54) is 17.8 Å². The molecule has 1 N–H and O–H groups in total. The van der Waals surface area contributed by atoms with E-state index in [-0.39, 0.29) is 34.1 Å². The highest BCUT2D eigenvalue weighted by Crippen LogP contribution is 2.37. The predicted octanol–water partition coefficient (Wildman–Crippen LogP) is 2.64. The van der Waals surface area contributed by atoms with E-state index in [0.29, 0.717) is 31.9 Å². The van der Waals surface area contributed by atoms with Crippen molar-refractivity contribution >= 4 is 44.8 Å². The van der Waals surface area contributed by atoms with Gasteiger partial charge >= 0.3 is 0 Å². The number of amides is 2. The molecule has 1 atom stereocenters. The van der Waals surface area contributed by atoms with Crippen LogP contribution in [0.4, 0.5) is 11.4 Å². The van der Waals surface area contributed by atoms with Gasteiger partial charge in [0.2, 0.25) is 11.8 Å². The summed E-state index contributed by atoms with van der Waals surface area (Å²) in [6.07, 6.45) is -0.0727. The number of anilines is 2. The van der Waals surface area contributed by atoms with Gasteiger partial charge in [0.05, 0.1) is 28.7 Å². The molecule has 2 aromatic rings. The van der Waals surface area contributed by atoms with Crippen LogP contribution in [-0.4, -0.2) is 69.4 Å². The van der Waals surface area contributed by atoms with Crippen molar-refractivity contribution in [2.75, 3.05) is 49.3 Å². The number of ether oxygens (including phenoxy) is 1. The number of hydrogen-bond donors (Lipinski definition) is 1. The second-order valence-corrected chi connectivity index (χ2v) is 11.5. The Morgan fingerprint density at radius 2 is 1.91 bits per heavy atom.